The zero-order valence-electron chi connectivity index (χ0n) is 14.0. The van der Waals surface area contributed by atoms with Gasteiger partial charge in [-0.3, -0.25) is 9.59 Å². The number of rotatable bonds is 7. The van der Waals surface area contributed by atoms with Crippen LogP contribution in [0.2, 0.25) is 0 Å². The number of ether oxygens (including phenoxy) is 1. The number of fused-ring (bicyclic) bond motifs is 1. The highest BCUT2D eigenvalue weighted by Gasteiger charge is 2.28. The smallest absolute Gasteiger partial charge is 0.238 e. The van der Waals surface area contributed by atoms with Crippen LogP contribution in [0.5, 0.6) is 5.75 Å². The Morgan fingerprint density at radius 1 is 1.19 bits per heavy atom. The molecule has 2 amide bonds. The summed E-state index contributed by atoms with van der Waals surface area (Å²) in [6.07, 6.45) is 0.659. The number of amides is 2. The summed E-state index contributed by atoms with van der Waals surface area (Å²) >= 11 is 1.40. The first kappa shape index (κ1) is 18.3. The molecular formula is C19H19FN2O3S. The number of hydrogen-bond acceptors (Lipinski definition) is 4. The molecule has 0 saturated carbocycles. The monoisotopic (exact) mass is 374 g/mol. The molecule has 7 heteroatoms. The molecule has 0 fully saturated rings. The summed E-state index contributed by atoms with van der Waals surface area (Å²) in [5.41, 5.74) is 0.782. The minimum absolute atomic E-state index is 0.110. The van der Waals surface area contributed by atoms with Crippen molar-refractivity contribution in [2.45, 2.75) is 23.0 Å². The van der Waals surface area contributed by atoms with E-state index in [2.05, 4.69) is 10.6 Å². The van der Waals surface area contributed by atoms with Gasteiger partial charge in [0.05, 0.1) is 17.5 Å². The van der Waals surface area contributed by atoms with Crippen LogP contribution in [0.1, 0.15) is 12.8 Å². The second-order valence-corrected chi connectivity index (χ2v) is 7.02. The van der Waals surface area contributed by atoms with Crippen LogP contribution >= 0.6 is 11.8 Å². The normalized spacial score (nSPS) is 15.7. The lowest BCUT2D eigenvalue weighted by Crippen LogP contribution is -2.35. The van der Waals surface area contributed by atoms with Crippen LogP contribution in [-0.4, -0.2) is 30.2 Å². The Bertz CT molecular complexity index is 800. The van der Waals surface area contributed by atoms with Crippen LogP contribution in [0.15, 0.2) is 53.4 Å². The molecule has 0 aromatic heterocycles. The Kier molecular flexibility index (Phi) is 6.12. The molecule has 0 aliphatic carbocycles. The van der Waals surface area contributed by atoms with E-state index in [0.29, 0.717) is 19.6 Å². The van der Waals surface area contributed by atoms with Gasteiger partial charge in [-0.2, -0.15) is 0 Å². The number of hydrogen-bond donors (Lipinski definition) is 2. The predicted molar refractivity (Wildman–Crippen MR) is 98.9 cm³/mol. The third kappa shape index (κ3) is 4.76. The highest BCUT2D eigenvalue weighted by atomic mass is 32.2. The molecule has 1 heterocycles. The molecule has 0 unspecified atom stereocenters. The topological polar surface area (TPSA) is 67.4 Å². The first-order chi connectivity index (χ1) is 12.6. The quantitative estimate of drug-likeness (QED) is 0.731. The highest BCUT2D eigenvalue weighted by Crippen LogP contribution is 2.36. The van der Waals surface area contributed by atoms with Gasteiger partial charge in [0, 0.05) is 17.9 Å². The van der Waals surface area contributed by atoms with Crippen molar-refractivity contribution in [2.75, 3.05) is 18.5 Å². The summed E-state index contributed by atoms with van der Waals surface area (Å²) in [6.45, 7) is 0.704. The van der Waals surface area contributed by atoms with Crippen LogP contribution in [-0.2, 0) is 9.59 Å². The fraction of sp³-hybridized carbons (Fsp3) is 0.263. The molecule has 2 N–H and O–H groups in total. The molecule has 1 aliphatic heterocycles. The van der Waals surface area contributed by atoms with Gasteiger partial charge in [-0.1, -0.05) is 24.3 Å². The van der Waals surface area contributed by atoms with Gasteiger partial charge in [0.25, 0.3) is 0 Å². The van der Waals surface area contributed by atoms with Gasteiger partial charge < -0.3 is 15.4 Å². The summed E-state index contributed by atoms with van der Waals surface area (Å²) in [7, 11) is 0. The van der Waals surface area contributed by atoms with Crippen molar-refractivity contribution < 1.29 is 18.7 Å². The van der Waals surface area contributed by atoms with Crippen LogP contribution < -0.4 is 15.4 Å². The third-order valence-corrected chi connectivity index (χ3v) is 5.09. The van der Waals surface area contributed by atoms with Crippen molar-refractivity contribution in [2.24, 2.45) is 0 Å². The molecule has 1 aliphatic rings. The van der Waals surface area contributed by atoms with Gasteiger partial charge in [-0.15, -0.1) is 11.8 Å². The number of carbonyl (C=O) groups excluding carboxylic acids is 2. The average Bonchev–Trinajstić information content (AvgIpc) is 2.63. The van der Waals surface area contributed by atoms with E-state index in [1.165, 1.54) is 17.8 Å². The maximum atomic E-state index is 13.4. The number of carbonyl (C=O) groups is 2. The third-order valence-electron chi connectivity index (χ3n) is 3.81. The van der Waals surface area contributed by atoms with Gasteiger partial charge in [0.2, 0.25) is 11.8 Å². The van der Waals surface area contributed by atoms with Gasteiger partial charge in [-0.25, -0.2) is 4.39 Å². The molecule has 26 heavy (non-hydrogen) atoms. The Morgan fingerprint density at radius 2 is 1.96 bits per heavy atom. The molecule has 136 valence electrons. The van der Waals surface area contributed by atoms with Crippen molar-refractivity contribution in [1.29, 1.82) is 0 Å². The van der Waals surface area contributed by atoms with E-state index in [0.717, 1.165) is 10.6 Å². The summed E-state index contributed by atoms with van der Waals surface area (Å²) in [5.74, 6) is -0.556. The molecular weight excluding hydrogens is 355 g/mol. The standard InChI is InChI=1S/C19H19FN2O3S/c20-13-6-1-3-8-15(13)25-11-5-10-21-18(23)12-17-19(24)22-14-7-2-4-9-16(14)26-17/h1-4,6-9,17H,5,10-12H2,(H,21,23)(H,22,24)/t17-/m1/s1. The van der Waals surface area contributed by atoms with Crippen molar-refractivity contribution in [1.82, 2.24) is 5.32 Å². The molecule has 0 radical (unpaired) electrons. The second kappa shape index (κ2) is 8.71. The number of thioether (sulfide) groups is 1. The molecule has 5 nitrogen and oxygen atoms in total. The van der Waals surface area contributed by atoms with Crippen molar-refractivity contribution in [3.63, 3.8) is 0 Å². The average molecular weight is 374 g/mol. The van der Waals surface area contributed by atoms with E-state index in [-0.39, 0.29) is 24.0 Å². The van der Waals surface area contributed by atoms with Gasteiger partial charge in [0.15, 0.2) is 11.6 Å². The maximum Gasteiger partial charge on any atom is 0.238 e. The molecule has 1 atom stereocenters. The minimum atomic E-state index is -0.445. The van der Waals surface area contributed by atoms with E-state index in [4.69, 9.17) is 4.74 Å². The van der Waals surface area contributed by atoms with E-state index < -0.39 is 11.1 Å². The molecule has 2 aromatic carbocycles. The zero-order chi connectivity index (χ0) is 18.4. The number of halogens is 1. The van der Waals surface area contributed by atoms with Crippen LogP contribution in [0.25, 0.3) is 0 Å². The van der Waals surface area contributed by atoms with Crippen molar-refractivity contribution in [3.05, 3.63) is 54.3 Å². The fourth-order valence-electron chi connectivity index (χ4n) is 2.51. The molecule has 2 aromatic rings. The number of anilines is 1. The fourth-order valence-corrected chi connectivity index (χ4v) is 3.62. The van der Waals surface area contributed by atoms with E-state index in [1.807, 2.05) is 24.3 Å². The van der Waals surface area contributed by atoms with Crippen LogP contribution in [0.3, 0.4) is 0 Å². The van der Waals surface area contributed by atoms with E-state index >= 15 is 0 Å². The van der Waals surface area contributed by atoms with E-state index in [1.54, 1.807) is 18.2 Å². The summed E-state index contributed by atoms with van der Waals surface area (Å²) in [4.78, 5) is 25.1. The number of nitrogens with one attached hydrogen (secondary N) is 2. The number of benzene rings is 2. The molecule has 3 rings (SSSR count). The molecule has 0 saturated heterocycles. The second-order valence-electron chi connectivity index (χ2n) is 5.78. The maximum absolute atomic E-state index is 13.4. The minimum Gasteiger partial charge on any atom is -0.490 e. The zero-order valence-corrected chi connectivity index (χ0v) is 14.9. The van der Waals surface area contributed by atoms with Gasteiger partial charge in [-0.05, 0) is 30.7 Å². The Morgan fingerprint density at radius 3 is 2.81 bits per heavy atom. The lowest BCUT2D eigenvalue weighted by molar-refractivity contribution is -0.124. The lowest BCUT2D eigenvalue weighted by atomic mass is 10.2. The largest absolute Gasteiger partial charge is 0.490 e. The first-order valence-electron chi connectivity index (χ1n) is 8.34. The van der Waals surface area contributed by atoms with Crippen molar-refractivity contribution in [3.8, 4) is 5.75 Å². The Hall–Kier alpha value is -2.54. The number of para-hydroxylation sites is 2. The summed E-state index contributed by atoms with van der Waals surface area (Å²) in [6, 6.07) is 13.7. The van der Waals surface area contributed by atoms with Gasteiger partial charge >= 0.3 is 0 Å². The molecule has 0 bridgehead atoms. The highest BCUT2D eigenvalue weighted by molar-refractivity contribution is 8.01. The Balaban J connectivity index is 1.38. The van der Waals surface area contributed by atoms with E-state index in [9.17, 15) is 14.0 Å². The van der Waals surface area contributed by atoms with Crippen LogP contribution in [0, 0.1) is 5.82 Å². The first-order valence-corrected chi connectivity index (χ1v) is 9.22. The SMILES string of the molecule is O=C(C[C@H]1Sc2ccccc2NC1=O)NCCCOc1ccccc1F. The van der Waals surface area contributed by atoms with Crippen molar-refractivity contribution >= 4 is 29.3 Å². The molecule has 0 spiro atoms. The predicted octanol–water partition coefficient (Wildman–Crippen LogP) is 3.21. The lowest BCUT2D eigenvalue weighted by Gasteiger charge is -2.23. The van der Waals surface area contributed by atoms with Gasteiger partial charge in [0.1, 0.15) is 0 Å². The summed E-state index contributed by atoms with van der Waals surface area (Å²) < 4.78 is 18.7. The Labute approximate surface area is 155 Å². The summed E-state index contributed by atoms with van der Waals surface area (Å²) in [5, 5.41) is 5.14. The van der Waals surface area contributed by atoms with Crippen LogP contribution in [0.4, 0.5) is 10.1 Å².